The molecule has 2 aromatic rings. The van der Waals surface area contributed by atoms with Gasteiger partial charge in [0.05, 0.1) is 11.1 Å². The SMILES string of the molecule is CCCNC(c1ccc(CCC)cc1)c1scc(C)c1Cl. The van der Waals surface area contributed by atoms with Crippen LogP contribution in [-0.2, 0) is 6.42 Å². The zero-order chi connectivity index (χ0) is 15.2. The molecule has 1 N–H and O–H groups in total. The second-order valence-corrected chi connectivity index (χ2v) is 6.76. The number of aryl methyl sites for hydroxylation is 2. The van der Waals surface area contributed by atoms with E-state index in [9.17, 15) is 0 Å². The first kappa shape index (κ1) is 16.5. The third-order valence-electron chi connectivity index (χ3n) is 3.64. The molecule has 1 heterocycles. The Hall–Kier alpha value is -0.830. The molecule has 0 aliphatic rings. The molecule has 0 fully saturated rings. The van der Waals surface area contributed by atoms with Gasteiger partial charge in [0.25, 0.3) is 0 Å². The van der Waals surface area contributed by atoms with Gasteiger partial charge in [0, 0.05) is 4.88 Å². The van der Waals surface area contributed by atoms with Crippen molar-refractivity contribution in [2.45, 2.75) is 46.1 Å². The smallest absolute Gasteiger partial charge is 0.0686 e. The summed E-state index contributed by atoms with van der Waals surface area (Å²) < 4.78 is 0. The van der Waals surface area contributed by atoms with Crippen molar-refractivity contribution in [1.82, 2.24) is 5.32 Å². The van der Waals surface area contributed by atoms with Gasteiger partial charge in [-0.1, -0.05) is 56.1 Å². The zero-order valence-corrected chi connectivity index (χ0v) is 14.7. The van der Waals surface area contributed by atoms with E-state index in [2.05, 4.69) is 55.7 Å². The molecule has 1 atom stereocenters. The fourth-order valence-electron chi connectivity index (χ4n) is 2.46. The van der Waals surface area contributed by atoms with Crippen LogP contribution >= 0.6 is 22.9 Å². The average Bonchev–Trinajstić information content (AvgIpc) is 2.82. The Morgan fingerprint density at radius 1 is 1.14 bits per heavy atom. The molecule has 0 bridgehead atoms. The van der Waals surface area contributed by atoms with Gasteiger partial charge < -0.3 is 5.32 Å². The summed E-state index contributed by atoms with van der Waals surface area (Å²) in [5, 5.41) is 6.68. The summed E-state index contributed by atoms with van der Waals surface area (Å²) in [5.74, 6) is 0. The van der Waals surface area contributed by atoms with Gasteiger partial charge >= 0.3 is 0 Å². The van der Waals surface area contributed by atoms with E-state index >= 15 is 0 Å². The quantitative estimate of drug-likeness (QED) is 0.684. The number of hydrogen-bond donors (Lipinski definition) is 1. The van der Waals surface area contributed by atoms with Gasteiger partial charge in [0.2, 0.25) is 0 Å². The van der Waals surface area contributed by atoms with Crippen molar-refractivity contribution in [2.24, 2.45) is 0 Å². The molecule has 21 heavy (non-hydrogen) atoms. The first-order chi connectivity index (χ1) is 10.2. The number of thiophene rings is 1. The molecule has 114 valence electrons. The largest absolute Gasteiger partial charge is 0.306 e. The van der Waals surface area contributed by atoms with Gasteiger partial charge in [-0.25, -0.2) is 0 Å². The summed E-state index contributed by atoms with van der Waals surface area (Å²) in [7, 11) is 0. The Morgan fingerprint density at radius 3 is 2.38 bits per heavy atom. The van der Waals surface area contributed by atoms with Crippen LogP contribution in [0.25, 0.3) is 0 Å². The maximum Gasteiger partial charge on any atom is 0.0686 e. The molecule has 0 aliphatic heterocycles. The molecule has 0 amide bonds. The van der Waals surface area contributed by atoms with Crippen LogP contribution in [0.3, 0.4) is 0 Å². The van der Waals surface area contributed by atoms with E-state index in [-0.39, 0.29) is 6.04 Å². The number of rotatable bonds is 7. The molecule has 0 spiro atoms. The van der Waals surface area contributed by atoms with Crippen molar-refractivity contribution < 1.29 is 0 Å². The summed E-state index contributed by atoms with van der Waals surface area (Å²) in [6, 6.07) is 9.17. The second-order valence-electron chi connectivity index (χ2n) is 5.48. The van der Waals surface area contributed by atoms with Crippen LogP contribution in [0.1, 0.15) is 54.3 Å². The van der Waals surface area contributed by atoms with E-state index in [4.69, 9.17) is 11.6 Å². The normalized spacial score (nSPS) is 12.6. The summed E-state index contributed by atoms with van der Waals surface area (Å²) in [4.78, 5) is 1.23. The number of hydrogen-bond acceptors (Lipinski definition) is 2. The maximum atomic E-state index is 6.48. The monoisotopic (exact) mass is 321 g/mol. The molecule has 0 radical (unpaired) electrons. The van der Waals surface area contributed by atoms with Gasteiger partial charge in [-0.05, 0) is 48.4 Å². The van der Waals surface area contributed by atoms with Crippen LogP contribution in [0.5, 0.6) is 0 Å². The van der Waals surface area contributed by atoms with E-state index in [1.54, 1.807) is 11.3 Å². The van der Waals surface area contributed by atoms with E-state index < -0.39 is 0 Å². The van der Waals surface area contributed by atoms with Crippen molar-refractivity contribution in [3.63, 3.8) is 0 Å². The molecule has 1 nitrogen and oxygen atoms in total. The Bertz CT molecular complexity index is 559. The van der Waals surface area contributed by atoms with Crippen molar-refractivity contribution >= 4 is 22.9 Å². The molecule has 1 aromatic carbocycles. The minimum Gasteiger partial charge on any atom is -0.306 e. The molecule has 3 heteroatoms. The molecule has 1 aromatic heterocycles. The Labute approximate surface area is 137 Å². The molecule has 0 saturated heterocycles. The highest BCUT2D eigenvalue weighted by molar-refractivity contribution is 7.10. The van der Waals surface area contributed by atoms with Crippen LogP contribution in [0.15, 0.2) is 29.6 Å². The zero-order valence-electron chi connectivity index (χ0n) is 13.1. The van der Waals surface area contributed by atoms with Crippen molar-refractivity contribution in [3.8, 4) is 0 Å². The van der Waals surface area contributed by atoms with Gasteiger partial charge in [-0.15, -0.1) is 11.3 Å². The van der Waals surface area contributed by atoms with E-state index in [0.29, 0.717) is 0 Å². The third kappa shape index (κ3) is 4.09. The summed E-state index contributed by atoms with van der Waals surface area (Å²) in [6.07, 6.45) is 3.45. The topological polar surface area (TPSA) is 12.0 Å². The number of halogens is 1. The van der Waals surface area contributed by atoms with Gasteiger partial charge in [0.15, 0.2) is 0 Å². The molecular weight excluding hydrogens is 298 g/mol. The lowest BCUT2D eigenvalue weighted by molar-refractivity contribution is 0.605. The first-order valence-corrected chi connectivity index (χ1v) is 8.98. The summed E-state index contributed by atoms with van der Waals surface area (Å²) in [6.45, 7) is 7.47. The van der Waals surface area contributed by atoms with E-state index in [1.807, 2.05) is 0 Å². The highest BCUT2D eigenvalue weighted by Crippen LogP contribution is 2.35. The highest BCUT2D eigenvalue weighted by atomic mass is 35.5. The van der Waals surface area contributed by atoms with Crippen LogP contribution in [0, 0.1) is 6.92 Å². The standard InChI is InChI=1S/C18H24ClNS/c1-4-6-14-7-9-15(10-8-14)17(20-11-5-2)18-16(19)13(3)12-21-18/h7-10,12,17,20H,4-6,11H2,1-3H3. The Balaban J connectivity index is 2.29. The van der Waals surface area contributed by atoms with Gasteiger partial charge in [-0.2, -0.15) is 0 Å². The van der Waals surface area contributed by atoms with Crippen LogP contribution in [0.4, 0.5) is 0 Å². The van der Waals surface area contributed by atoms with Crippen LogP contribution in [0.2, 0.25) is 5.02 Å². The Morgan fingerprint density at radius 2 is 1.86 bits per heavy atom. The second kappa shape index (κ2) is 7.98. The van der Waals surface area contributed by atoms with Crippen molar-refractivity contribution in [3.05, 3.63) is 56.2 Å². The minimum atomic E-state index is 0.201. The van der Waals surface area contributed by atoms with Crippen molar-refractivity contribution in [1.29, 1.82) is 0 Å². The van der Waals surface area contributed by atoms with Gasteiger partial charge in [0.1, 0.15) is 0 Å². The maximum absolute atomic E-state index is 6.48. The van der Waals surface area contributed by atoms with E-state index in [0.717, 1.165) is 24.4 Å². The number of nitrogens with one attached hydrogen (secondary N) is 1. The summed E-state index contributed by atoms with van der Waals surface area (Å²) >= 11 is 8.23. The van der Waals surface area contributed by atoms with E-state index in [1.165, 1.54) is 28.0 Å². The van der Waals surface area contributed by atoms with Gasteiger partial charge in [-0.3, -0.25) is 0 Å². The molecule has 1 unspecified atom stereocenters. The lowest BCUT2D eigenvalue weighted by Crippen LogP contribution is -2.22. The molecule has 2 rings (SSSR count). The molecule has 0 saturated carbocycles. The third-order valence-corrected chi connectivity index (χ3v) is 5.42. The predicted molar refractivity (Wildman–Crippen MR) is 94.6 cm³/mol. The van der Waals surface area contributed by atoms with Crippen molar-refractivity contribution in [2.75, 3.05) is 6.54 Å². The average molecular weight is 322 g/mol. The molecular formula is C18H24ClNS. The van der Waals surface area contributed by atoms with Crippen LogP contribution in [-0.4, -0.2) is 6.54 Å². The summed E-state index contributed by atoms with van der Waals surface area (Å²) in [5.41, 5.74) is 3.87. The molecule has 0 aliphatic carbocycles. The van der Waals surface area contributed by atoms with Crippen LogP contribution < -0.4 is 5.32 Å². The minimum absolute atomic E-state index is 0.201. The Kier molecular flexibility index (Phi) is 6.28. The lowest BCUT2D eigenvalue weighted by atomic mass is 10.0. The first-order valence-electron chi connectivity index (χ1n) is 7.73. The highest BCUT2D eigenvalue weighted by Gasteiger charge is 2.19. The fraction of sp³-hybridized carbons (Fsp3) is 0.444. The fourth-order valence-corrected chi connectivity index (χ4v) is 3.86. The lowest BCUT2D eigenvalue weighted by Gasteiger charge is -2.19. The number of benzene rings is 1. The predicted octanol–water partition coefficient (Wildman–Crippen LogP) is 5.75.